The minimum absolute atomic E-state index is 0.148. The smallest absolute Gasteiger partial charge is 0.126 e. The van der Waals surface area contributed by atoms with Crippen LogP contribution in [-0.4, -0.2) is 18.5 Å². The van der Waals surface area contributed by atoms with E-state index in [1.165, 1.54) is 11.6 Å². The number of benzene rings is 2. The van der Waals surface area contributed by atoms with Gasteiger partial charge in [-0.05, 0) is 54.9 Å². The maximum Gasteiger partial charge on any atom is 0.126 e. The molecule has 0 fully saturated rings. The molecular weight excluding hydrogens is 319 g/mol. The number of hydrogen-bond donors (Lipinski definition) is 1. The molecule has 0 aliphatic heterocycles. The Bertz CT molecular complexity index is 586. The Balaban J connectivity index is 1.92. The molecule has 0 atom stereocenters. The van der Waals surface area contributed by atoms with Crippen LogP contribution in [-0.2, 0) is 13.0 Å². The van der Waals surface area contributed by atoms with Crippen LogP contribution >= 0.6 is 15.9 Å². The first kappa shape index (κ1) is 15.0. The number of anilines is 1. The lowest BCUT2D eigenvalue weighted by Gasteiger charge is -2.17. The van der Waals surface area contributed by atoms with Crippen molar-refractivity contribution in [2.75, 3.05) is 19.3 Å². The van der Waals surface area contributed by atoms with Gasteiger partial charge in [-0.1, -0.05) is 28.1 Å². The van der Waals surface area contributed by atoms with E-state index >= 15 is 0 Å². The summed E-state index contributed by atoms with van der Waals surface area (Å²) < 4.78 is 14.6. The van der Waals surface area contributed by atoms with Crippen molar-refractivity contribution >= 4 is 21.6 Å². The van der Waals surface area contributed by atoms with E-state index in [0.717, 1.165) is 28.8 Å². The van der Waals surface area contributed by atoms with E-state index in [2.05, 4.69) is 20.8 Å². The Labute approximate surface area is 127 Å². The number of rotatable bonds is 5. The van der Waals surface area contributed by atoms with Crippen molar-refractivity contribution in [2.45, 2.75) is 13.0 Å². The molecule has 0 aliphatic carbocycles. The Morgan fingerprint density at radius 3 is 2.75 bits per heavy atom. The molecular formula is C16H18BrFN2. The molecule has 2 aromatic carbocycles. The third kappa shape index (κ3) is 4.32. The van der Waals surface area contributed by atoms with Crippen LogP contribution < -0.4 is 5.73 Å². The average Bonchev–Trinajstić information content (AvgIpc) is 2.40. The molecule has 2 aromatic rings. The van der Waals surface area contributed by atoms with Crippen LogP contribution in [0, 0.1) is 5.82 Å². The number of nitrogens with two attached hydrogens (primary N) is 1. The first-order valence-electron chi connectivity index (χ1n) is 6.51. The summed E-state index contributed by atoms with van der Waals surface area (Å²) in [6.45, 7) is 1.60. The van der Waals surface area contributed by atoms with Crippen LogP contribution in [0.2, 0.25) is 0 Å². The minimum Gasteiger partial charge on any atom is -0.399 e. The number of halogens is 2. The summed E-state index contributed by atoms with van der Waals surface area (Å²) >= 11 is 3.37. The largest absolute Gasteiger partial charge is 0.399 e. The lowest BCUT2D eigenvalue weighted by molar-refractivity contribution is 0.329. The highest BCUT2D eigenvalue weighted by atomic mass is 79.9. The van der Waals surface area contributed by atoms with Gasteiger partial charge in [-0.2, -0.15) is 0 Å². The van der Waals surface area contributed by atoms with E-state index in [9.17, 15) is 4.39 Å². The van der Waals surface area contributed by atoms with Crippen molar-refractivity contribution in [1.29, 1.82) is 0 Å². The minimum atomic E-state index is -0.148. The van der Waals surface area contributed by atoms with Crippen molar-refractivity contribution in [1.82, 2.24) is 4.90 Å². The van der Waals surface area contributed by atoms with Crippen LogP contribution in [0.5, 0.6) is 0 Å². The highest BCUT2D eigenvalue weighted by molar-refractivity contribution is 9.10. The van der Waals surface area contributed by atoms with Gasteiger partial charge in [0.25, 0.3) is 0 Å². The van der Waals surface area contributed by atoms with Gasteiger partial charge in [0.2, 0.25) is 0 Å². The van der Waals surface area contributed by atoms with Crippen LogP contribution in [0.15, 0.2) is 46.9 Å². The molecule has 0 saturated heterocycles. The van der Waals surface area contributed by atoms with Crippen LogP contribution in [0.3, 0.4) is 0 Å². The number of nitrogen functional groups attached to an aromatic ring is 1. The monoisotopic (exact) mass is 336 g/mol. The van der Waals surface area contributed by atoms with Gasteiger partial charge >= 0.3 is 0 Å². The Morgan fingerprint density at radius 2 is 2.00 bits per heavy atom. The second-order valence-electron chi connectivity index (χ2n) is 4.97. The van der Waals surface area contributed by atoms with Gasteiger partial charge in [-0.15, -0.1) is 0 Å². The molecule has 0 saturated carbocycles. The van der Waals surface area contributed by atoms with Gasteiger partial charge < -0.3 is 10.6 Å². The molecule has 4 heteroatoms. The summed E-state index contributed by atoms with van der Waals surface area (Å²) in [7, 11) is 2.03. The Kier molecular flexibility index (Phi) is 5.15. The van der Waals surface area contributed by atoms with Crippen LogP contribution in [0.4, 0.5) is 10.1 Å². The topological polar surface area (TPSA) is 29.3 Å². The zero-order chi connectivity index (χ0) is 14.5. The van der Waals surface area contributed by atoms with Crippen molar-refractivity contribution in [3.05, 3.63) is 63.9 Å². The maximum absolute atomic E-state index is 13.6. The first-order valence-corrected chi connectivity index (χ1v) is 7.31. The Morgan fingerprint density at radius 1 is 1.20 bits per heavy atom. The molecule has 0 unspecified atom stereocenters. The standard InChI is InChI=1S/C16H18BrFN2/c1-20(11-12-3-2-4-15(19)9-12)8-7-13-10-14(17)5-6-16(13)18/h2-6,9-10H,7-8,11,19H2,1H3. The lowest BCUT2D eigenvalue weighted by Crippen LogP contribution is -2.21. The second-order valence-corrected chi connectivity index (χ2v) is 5.88. The van der Waals surface area contributed by atoms with E-state index in [1.54, 1.807) is 6.07 Å². The van der Waals surface area contributed by atoms with Crippen molar-refractivity contribution in [2.24, 2.45) is 0 Å². The van der Waals surface area contributed by atoms with E-state index in [0.29, 0.717) is 6.42 Å². The first-order chi connectivity index (χ1) is 9.54. The molecule has 0 heterocycles. The molecule has 2 nitrogen and oxygen atoms in total. The summed E-state index contributed by atoms with van der Waals surface area (Å²) in [4.78, 5) is 2.16. The van der Waals surface area contributed by atoms with Gasteiger partial charge in [0.1, 0.15) is 5.82 Å². The summed E-state index contributed by atoms with van der Waals surface area (Å²) in [6.07, 6.45) is 0.685. The third-order valence-corrected chi connectivity index (χ3v) is 3.67. The summed E-state index contributed by atoms with van der Waals surface area (Å²) in [5.74, 6) is -0.148. The van der Waals surface area contributed by atoms with E-state index in [1.807, 2.05) is 37.4 Å². The fraction of sp³-hybridized carbons (Fsp3) is 0.250. The molecule has 0 bridgehead atoms. The van der Waals surface area contributed by atoms with Crippen molar-refractivity contribution in [3.8, 4) is 0 Å². The van der Waals surface area contributed by atoms with Crippen molar-refractivity contribution < 1.29 is 4.39 Å². The molecule has 20 heavy (non-hydrogen) atoms. The molecule has 2 N–H and O–H groups in total. The molecule has 0 radical (unpaired) electrons. The zero-order valence-corrected chi connectivity index (χ0v) is 13.0. The summed E-state index contributed by atoms with van der Waals surface area (Å²) in [5, 5.41) is 0. The molecule has 0 aromatic heterocycles. The molecule has 106 valence electrons. The lowest BCUT2D eigenvalue weighted by atomic mass is 10.1. The average molecular weight is 337 g/mol. The van der Waals surface area contributed by atoms with Crippen LogP contribution in [0.1, 0.15) is 11.1 Å². The van der Waals surface area contributed by atoms with Crippen molar-refractivity contribution in [3.63, 3.8) is 0 Å². The molecule has 2 rings (SSSR count). The summed E-state index contributed by atoms with van der Waals surface area (Å²) in [6, 6.07) is 12.9. The van der Waals surface area contributed by atoms with E-state index in [-0.39, 0.29) is 5.82 Å². The number of nitrogens with zero attached hydrogens (tertiary/aromatic N) is 1. The summed E-state index contributed by atoms with van der Waals surface area (Å²) in [5.41, 5.74) is 8.44. The predicted octanol–water partition coefficient (Wildman–Crippen LogP) is 3.84. The van der Waals surface area contributed by atoms with E-state index in [4.69, 9.17) is 5.73 Å². The SMILES string of the molecule is CN(CCc1cc(Br)ccc1F)Cc1cccc(N)c1. The normalized spacial score (nSPS) is 11.0. The highest BCUT2D eigenvalue weighted by Crippen LogP contribution is 2.16. The second kappa shape index (κ2) is 6.86. The molecule has 0 amide bonds. The zero-order valence-electron chi connectivity index (χ0n) is 11.4. The molecule has 0 spiro atoms. The number of likely N-dealkylation sites (N-methyl/N-ethyl adjacent to an activating group) is 1. The predicted molar refractivity (Wildman–Crippen MR) is 85.0 cm³/mol. The number of hydrogen-bond acceptors (Lipinski definition) is 2. The Hall–Kier alpha value is -1.39. The van der Waals surface area contributed by atoms with Gasteiger partial charge in [-0.25, -0.2) is 4.39 Å². The fourth-order valence-corrected chi connectivity index (χ4v) is 2.54. The van der Waals surface area contributed by atoms with Gasteiger partial charge in [-0.3, -0.25) is 0 Å². The maximum atomic E-state index is 13.6. The fourth-order valence-electron chi connectivity index (χ4n) is 2.13. The van der Waals surface area contributed by atoms with Crippen LogP contribution in [0.25, 0.3) is 0 Å². The van der Waals surface area contributed by atoms with Gasteiger partial charge in [0, 0.05) is 23.2 Å². The van der Waals surface area contributed by atoms with Gasteiger partial charge in [0.05, 0.1) is 0 Å². The highest BCUT2D eigenvalue weighted by Gasteiger charge is 2.06. The van der Waals surface area contributed by atoms with Gasteiger partial charge in [0.15, 0.2) is 0 Å². The van der Waals surface area contributed by atoms with E-state index < -0.39 is 0 Å². The quantitative estimate of drug-likeness (QED) is 0.840. The molecule has 0 aliphatic rings. The third-order valence-electron chi connectivity index (χ3n) is 3.17.